The van der Waals surface area contributed by atoms with Crippen LogP contribution in [0.15, 0.2) is 73.1 Å². The van der Waals surface area contributed by atoms with Crippen LogP contribution in [0.4, 0.5) is 13.2 Å². The first kappa shape index (κ1) is 22.6. The highest BCUT2D eigenvalue weighted by Gasteiger charge is 2.30. The van der Waals surface area contributed by atoms with Gasteiger partial charge in [-0.1, -0.05) is 35.9 Å². The first-order valence-corrected chi connectivity index (χ1v) is 10.3. The van der Waals surface area contributed by atoms with E-state index in [4.69, 9.17) is 17.7 Å². The molecule has 8 heteroatoms. The maximum Gasteiger partial charge on any atom is 0.416 e. The van der Waals surface area contributed by atoms with Gasteiger partial charge in [-0.2, -0.15) is 13.2 Å². The number of rotatable bonds is 9. The van der Waals surface area contributed by atoms with E-state index in [1.807, 2.05) is 18.2 Å². The minimum atomic E-state index is -4.43. The summed E-state index contributed by atoms with van der Waals surface area (Å²) < 4.78 is 52.6. The van der Waals surface area contributed by atoms with Gasteiger partial charge in [0.15, 0.2) is 0 Å². The predicted molar refractivity (Wildman–Crippen MR) is 117 cm³/mol. The van der Waals surface area contributed by atoms with Crippen LogP contribution >= 0.6 is 11.6 Å². The average Bonchev–Trinajstić information content (AvgIpc) is 2.79. The lowest BCUT2D eigenvalue weighted by Crippen LogP contribution is -2.37. The van der Waals surface area contributed by atoms with Crippen LogP contribution in [0.1, 0.15) is 31.0 Å². The summed E-state index contributed by atoms with van der Waals surface area (Å²) in [6, 6.07) is 13.8. The molecule has 4 nitrogen and oxygen atoms in total. The summed E-state index contributed by atoms with van der Waals surface area (Å²) in [7, 11) is 0. The summed E-state index contributed by atoms with van der Waals surface area (Å²) in [6.07, 6.45) is -2.24. The second-order valence-corrected chi connectivity index (χ2v) is 7.69. The van der Waals surface area contributed by atoms with Gasteiger partial charge in [0.05, 0.1) is 6.93 Å². The highest BCUT2D eigenvalue weighted by atomic mass is 35.5. The number of hydrogen-bond donors (Lipinski definition) is 1. The lowest BCUT2D eigenvalue weighted by molar-refractivity contribution is -0.137. The molecule has 1 heterocycles. The van der Waals surface area contributed by atoms with Crippen LogP contribution in [-0.2, 0) is 12.7 Å². The summed E-state index contributed by atoms with van der Waals surface area (Å²) in [5, 5.41) is 11.2. The number of benzene rings is 2. The van der Waals surface area contributed by atoms with Crippen molar-refractivity contribution in [2.24, 2.45) is 0 Å². The van der Waals surface area contributed by atoms with Gasteiger partial charge in [-0.15, -0.1) is 0 Å². The predicted octanol–water partition coefficient (Wildman–Crippen LogP) is 5.76. The van der Waals surface area contributed by atoms with Gasteiger partial charge in [-0.05, 0) is 54.4 Å². The Morgan fingerprint density at radius 3 is 2.47 bits per heavy atom. The van der Waals surface area contributed by atoms with E-state index in [0.29, 0.717) is 10.6 Å². The fourth-order valence-corrected chi connectivity index (χ4v) is 3.35. The molecule has 0 saturated heterocycles. The van der Waals surface area contributed by atoms with Gasteiger partial charge < -0.3 is 9.84 Å². The zero-order valence-corrected chi connectivity index (χ0v) is 18.1. The lowest BCUT2D eigenvalue weighted by Gasteiger charge is -2.31. The maximum atomic E-state index is 12.7. The average molecular weight is 466 g/mol. The lowest BCUT2D eigenvalue weighted by atomic mass is 10.1. The van der Waals surface area contributed by atoms with Crippen molar-refractivity contribution in [1.82, 2.24) is 9.88 Å². The fraction of sp³-hybridized carbons (Fsp3) is 0.292. The zero-order valence-electron chi connectivity index (χ0n) is 18.4. The molecule has 3 aromatic rings. The van der Waals surface area contributed by atoms with Crippen molar-refractivity contribution in [2.45, 2.75) is 31.8 Å². The molecule has 2 aromatic carbocycles. The van der Waals surface area contributed by atoms with E-state index in [-0.39, 0.29) is 25.4 Å². The number of halogens is 4. The fourth-order valence-electron chi connectivity index (χ4n) is 3.15. The molecule has 0 bridgehead atoms. The Morgan fingerprint density at radius 2 is 1.84 bits per heavy atom. The third-order valence-electron chi connectivity index (χ3n) is 4.93. The molecule has 0 amide bonds. The third kappa shape index (κ3) is 6.69. The second-order valence-electron chi connectivity index (χ2n) is 7.29. The van der Waals surface area contributed by atoms with Crippen LogP contribution in [0.25, 0.3) is 0 Å². The zero-order chi connectivity index (χ0) is 24.1. The first-order chi connectivity index (χ1) is 15.6. The van der Waals surface area contributed by atoms with Gasteiger partial charge >= 0.3 is 6.18 Å². The van der Waals surface area contributed by atoms with Crippen LogP contribution in [0.5, 0.6) is 5.75 Å². The molecule has 3 rings (SSSR count). The third-order valence-corrected chi connectivity index (χ3v) is 5.30. The van der Waals surface area contributed by atoms with Crippen molar-refractivity contribution < 1.29 is 24.4 Å². The molecule has 0 spiro atoms. The van der Waals surface area contributed by atoms with Gasteiger partial charge in [0.2, 0.25) is 0 Å². The van der Waals surface area contributed by atoms with Crippen molar-refractivity contribution in [3.8, 4) is 5.75 Å². The Bertz CT molecular complexity index is 1030. The number of alkyl halides is 3. The van der Waals surface area contributed by atoms with Gasteiger partial charge in [0.1, 0.15) is 18.5 Å². The summed E-state index contributed by atoms with van der Waals surface area (Å²) >= 11 is 6.32. The number of ether oxygens (including phenoxy) is 1. The number of nitrogens with zero attached hydrogens (tertiary/aromatic N) is 2. The van der Waals surface area contributed by atoms with E-state index in [2.05, 4.69) is 4.98 Å². The Balaban J connectivity index is 1.73. The van der Waals surface area contributed by atoms with Crippen molar-refractivity contribution in [2.75, 3.05) is 13.2 Å². The van der Waals surface area contributed by atoms with Crippen LogP contribution in [0, 0.1) is 0 Å². The van der Waals surface area contributed by atoms with Gasteiger partial charge in [0.25, 0.3) is 0 Å². The molecule has 2 unspecified atom stereocenters. The summed E-state index contributed by atoms with van der Waals surface area (Å²) in [6.45, 7) is 1.88. The molecular weight excluding hydrogens is 441 g/mol. The maximum absolute atomic E-state index is 12.7. The van der Waals surface area contributed by atoms with Gasteiger partial charge in [0, 0.05) is 36.5 Å². The quantitative estimate of drug-likeness (QED) is 0.436. The first-order valence-electron chi connectivity index (χ1n) is 10.4. The van der Waals surface area contributed by atoms with Crippen molar-refractivity contribution in [1.29, 1.82) is 0 Å². The Kier molecular flexibility index (Phi) is 7.63. The summed E-state index contributed by atoms with van der Waals surface area (Å²) in [5.74, 6) is 0.209. The molecule has 1 aromatic heterocycles. The van der Waals surface area contributed by atoms with Crippen molar-refractivity contribution in [3.63, 3.8) is 0 Å². The number of aromatic nitrogens is 1. The molecule has 1 N–H and O–H groups in total. The molecule has 0 aliphatic heterocycles. The van der Waals surface area contributed by atoms with Crippen LogP contribution in [-0.4, -0.2) is 34.2 Å². The Morgan fingerprint density at radius 1 is 1.12 bits per heavy atom. The Labute approximate surface area is 191 Å². The van der Waals surface area contributed by atoms with Gasteiger partial charge in [-0.25, -0.2) is 0 Å². The minimum absolute atomic E-state index is 0.0563. The van der Waals surface area contributed by atoms with Crippen LogP contribution in [0.2, 0.25) is 5.02 Å². The number of hydrogen-bond acceptors (Lipinski definition) is 4. The minimum Gasteiger partial charge on any atom is -0.491 e. The number of aliphatic hydroxyl groups excluding tert-OH is 1. The molecule has 0 radical (unpaired) electrons. The molecule has 32 heavy (non-hydrogen) atoms. The van der Waals surface area contributed by atoms with Crippen molar-refractivity contribution in [3.05, 3.63) is 94.8 Å². The molecular formula is C24H24ClF3N2O2. The molecule has 0 saturated carbocycles. The standard InChI is InChI=1S/C24H24ClF3N2O2/c1-17(18-6-4-12-29-13-18)30(14-19-5-2-3-7-23(19)25)15-21(31)16-32-22-10-8-20(9-11-22)24(26,27)28/h2-13,17,21,31H,14-16H2,1H3/i17D. The SMILES string of the molecule is [2H]C(C)(c1cccnc1)N(Cc1ccccc1Cl)CC(O)COc1ccc(C(F)(F)F)cc1. The second kappa shape index (κ2) is 10.8. The summed E-state index contributed by atoms with van der Waals surface area (Å²) in [4.78, 5) is 5.84. The number of pyridine rings is 1. The van der Waals surface area contributed by atoms with E-state index in [9.17, 15) is 18.3 Å². The largest absolute Gasteiger partial charge is 0.491 e. The monoisotopic (exact) mass is 465 g/mol. The topological polar surface area (TPSA) is 45.6 Å². The molecule has 0 aliphatic rings. The molecule has 2 atom stereocenters. The van der Waals surface area contributed by atoms with E-state index >= 15 is 0 Å². The van der Waals surface area contributed by atoms with E-state index in [1.54, 1.807) is 42.4 Å². The summed E-state index contributed by atoms with van der Waals surface area (Å²) in [5.41, 5.74) is 0.646. The number of aliphatic hydroxyl groups is 1. The van der Waals surface area contributed by atoms with Crippen LogP contribution < -0.4 is 4.74 Å². The highest BCUT2D eigenvalue weighted by Crippen LogP contribution is 2.30. The molecule has 0 fully saturated rings. The molecule has 170 valence electrons. The molecule has 0 aliphatic carbocycles. The highest BCUT2D eigenvalue weighted by molar-refractivity contribution is 6.31. The van der Waals surface area contributed by atoms with Crippen molar-refractivity contribution >= 4 is 11.6 Å². The normalized spacial score (nSPS) is 15.2. The van der Waals surface area contributed by atoms with E-state index < -0.39 is 23.9 Å². The smallest absolute Gasteiger partial charge is 0.416 e. The van der Waals surface area contributed by atoms with Gasteiger partial charge in [-0.3, -0.25) is 9.88 Å². The van der Waals surface area contributed by atoms with E-state index in [0.717, 1.165) is 17.7 Å². The van der Waals surface area contributed by atoms with Crippen LogP contribution in [0.3, 0.4) is 0 Å². The Hall–Kier alpha value is -2.61. The van der Waals surface area contributed by atoms with E-state index in [1.165, 1.54) is 12.1 Å².